The number of hydrogen-bond donors (Lipinski definition) is 0. The summed E-state index contributed by atoms with van der Waals surface area (Å²) in [7, 11) is 0. The van der Waals surface area contributed by atoms with E-state index in [1.54, 1.807) is 18.5 Å². The summed E-state index contributed by atoms with van der Waals surface area (Å²) in [6, 6.07) is 7.33. The highest BCUT2D eigenvalue weighted by atomic mass is 35.5. The molecule has 2 aliphatic heterocycles. The molecule has 1 unspecified atom stereocenters. The van der Waals surface area contributed by atoms with Crippen molar-refractivity contribution >= 4 is 17.5 Å². The van der Waals surface area contributed by atoms with Crippen molar-refractivity contribution in [2.45, 2.75) is 18.9 Å². The smallest absolute Gasteiger partial charge is 0.231 e. The topological polar surface area (TPSA) is 60.9 Å². The number of likely N-dealkylation sites (tertiary alicyclic amines) is 1. The SMILES string of the molecule is O=C(Cc1ccc2c(c1)OCO2)N1CCC(Oc2ccncc2Cl)C1. The number of amides is 1. The van der Waals surface area contributed by atoms with Crippen LogP contribution in [0.4, 0.5) is 0 Å². The Balaban J connectivity index is 1.35. The van der Waals surface area contributed by atoms with E-state index in [1.165, 1.54) is 0 Å². The zero-order valence-electron chi connectivity index (χ0n) is 13.5. The van der Waals surface area contributed by atoms with Crippen LogP contribution in [0.15, 0.2) is 36.7 Å². The first-order chi connectivity index (χ1) is 12.2. The fraction of sp³-hybridized carbons (Fsp3) is 0.333. The Labute approximate surface area is 150 Å². The first-order valence-electron chi connectivity index (χ1n) is 8.11. The van der Waals surface area contributed by atoms with Crippen molar-refractivity contribution in [2.75, 3.05) is 19.9 Å². The van der Waals surface area contributed by atoms with E-state index >= 15 is 0 Å². The van der Waals surface area contributed by atoms with Gasteiger partial charge in [0.2, 0.25) is 12.7 Å². The van der Waals surface area contributed by atoms with Gasteiger partial charge in [0, 0.05) is 31.4 Å². The number of rotatable bonds is 4. The van der Waals surface area contributed by atoms with Crippen LogP contribution in [0.3, 0.4) is 0 Å². The van der Waals surface area contributed by atoms with E-state index in [4.69, 9.17) is 25.8 Å². The minimum Gasteiger partial charge on any atom is -0.487 e. The summed E-state index contributed by atoms with van der Waals surface area (Å²) in [4.78, 5) is 18.3. The average Bonchev–Trinajstić information content (AvgIpc) is 3.25. The van der Waals surface area contributed by atoms with Gasteiger partial charge in [-0.15, -0.1) is 0 Å². The van der Waals surface area contributed by atoms with Gasteiger partial charge in [-0.3, -0.25) is 9.78 Å². The lowest BCUT2D eigenvalue weighted by atomic mass is 10.1. The van der Waals surface area contributed by atoms with Crippen molar-refractivity contribution in [1.82, 2.24) is 9.88 Å². The molecular weight excluding hydrogens is 344 g/mol. The third kappa shape index (κ3) is 3.49. The number of pyridine rings is 1. The van der Waals surface area contributed by atoms with Crippen molar-refractivity contribution in [2.24, 2.45) is 0 Å². The maximum atomic E-state index is 12.5. The molecule has 1 atom stereocenters. The first-order valence-corrected chi connectivity index (χ1v) is 8.49. The Kier molecular flexibility index (Phi) is 4.36. The minimum absolute atomic E-state index is 0.0550. The molecule has 4 rings (SSSR count). The lowest BCUT2D eigenvalue weighted by molar-refractivity contribution is -0.129. The van der Waals surface area contributed by atoms with Gasteiger partial charge >= 0.3 is 0 Å². The molecule has 7 heteroatoms. The van der Waals surface area contributed by atoms with Gasteiger partial charge in [0.1, 0.15) is 16.9 Å². The van der Waals surface area contributed by atoms with Gasteiger partial charge in [-0.1, -0.05) is 17.7 Å². The molecule has 0 bridgehead atoms. The van der Waals surface area contributed by atoms with Crippen LogP contribution in [0, 0.1) is 0 Å². The largest absolute Gasteiger partial charge is 0.487 e. The Bertz CT molecular complexity index is 798. The Morgan fingerprint density at radius 1 is 1.32 bits per heavy atom. The van der Waals surface area contributed by atoms with Crippen molar-refractivity contribution in [3.63, 3.8) is 0 Å². The van der Waals surface area contributed by atoms with Gasteiger partial charge in [-0.25, -0.2) is 0 Å². The molecule has 25 heavy (non-hydrogen) atoms. The van der Waals surface area contributed by atoms with Gasteiger partial charge in [-0.05, 0) is 17.7 Å². The van der Waals surface area contributed by atoms with E-state index in [2.05, 4.69) is 4.98 Å². The van der Waals surface area contributed by atoms with E-state index in [0.717, 1.165) is 17.7 Å². The highest BCUT2D eigenvalue weighted by Crippen LogP contribution is 2.33. The lowest BCUT2D eigenvalue weighted by Crippen LogP contribution is -2.32. The fourth-order valence-corrected chi connectivity index (χ4v) is 3.19. The zero-order valence-corrected chi connectivity index (χ0v) is 14.2. The molecule has 0 radical (unpaired) electrons. The number of benzene rings is 1. The second kappa shape index (κ2) is 6.80. The third-order valence-electron chi connectivity index (χ3n) is 4.32. The molecule has 1 fully saturated rings. The number of fused-ring (bicyclic) bond motifs is 1. The van der Waals surface area contributed by atoms with E-state index in [1.807, 2.05) is 23.1 Å². The lowest BCUT2D eigenvalue weighted by Gasteiger charge is -2.18. The second-order valence-electron chi connectivity index (χ2n) is 6.04. The predicted molar refractivity (Wildman–Crippen MR) is 91.1 cm³/mol. The van der Waals surface area contributed by atoms with Gasteiger partial charge in [-0.2, -0.15) is 0 Å². The molecule has 1 aromatic carbocycles. The molecule has 1 amide bonds. The molecule has 0 N–H and O–H groups in total. The van der Waals surface area contributed by atoms with E-state index in [-0.39, 0.29) is 18.8 Å². The number of halogens is 1. The van der Waals surface area contributed by atoms with E-state index < -0.39 is 0 Å². The van der Waals surface area contributed by atoms with E-state index in [0.29, 0.717) is 36.0 Å². The highest BCUT2D eigenvalue weighted by Gasteiger charge is 2.28. The van der Waals surface area contributed by atoms with Crippen LogP contribution in [0.5, 0.6) is 17.2 Å². The monoisotopic (exact) mass is 360 g/mol. The Hall–Kier alpha value is -2.47. The van der Waals surface area contributed by atoms with Crippen LogP contribution in [0.25, 0.3) is 0 Å². The van der Waals surface area contributed by atoms with Crippen molar-refractivity contribution in [3.05, 3.63) is 47.2 Å². The molecule has 130 valence electrons. The van der Waals surface area contributed by atoms with Crippen LogP contribution in [-0.2, 0) is 11.2 Å². The molecule has 1 aromatic heterocycles. The standard InChI is InChI=1S/C18H17ClN2O4/c19-14-9-20-5-3-15(14)25-13-4-6-21(10-13)18(22)8-12-1-2-16-17(7-12)24-11-23-16/h1-3,5,7,9,13H,4,6,8,10-11H2. The number of ether oxygens (including phenoxy) is 3. The normalized spacial score (nSPS) is 18.4. The highest BCUT2D eigenvalue weighted by molar-refractivity contribution is 6.31. The van der Waals surface area contributed by atoms with Crippen LogP contribution < -0.4 is 14.2 Å². The van der Waals surface area contributed by atoms with Crippen LogP contribution >= 0.6 is 11.6 Å². The summed E-state index contributed by atoms with van der Waals surface area (Å²) in [5, 5.41) is 0.479. The summed E-state index contributed by atoms with van der Waals surface area (Å²) in [5.74, 6) is 2.10. The molecule has 0 spiro atoms. The molecule has 1 saturated heterocycles. The number of carbonyl (C=O) groups excluding carboxylic acids is 1. The second-order valence-corrected chi connectivity index (χ2v) is 6.45. The molecule has 2 aliphatic rings. The predicted octanol–water partition coefficient (Wildman–Crippen LogP) is 2.69. The molecule has 0 aliphatic carbocycles. The molecular formula is C18H17ClN2O4. The van der Waals surface area contributed by atoms with Crippen molar-refractivity contribution < 1.29 is 19.0 Å². The van der Waals surface area contributed by atoms with Crippen molar-refractivity contribution in [1.29, 1.82) is 0 Å². The first kappa shape index (κ1) is 16.0. The Morgan fingerprint density at radius 3 is 3.08 bits per heavy atom. The van der Waals surface area contributed by atoms with Crippen LogP contribution in [0.2, 0.25) is 5.02 Å². The summed E-state index contributed by atoms with van der Waals surface area (Å²) < 4.78 is 16.5. The summed E-state index contributed by atoms with van der Waals surface area (Å²) in [6.07, 6.45) is 4.25. The Morgan fingerprint density at radius 2 is 2.20 bits per heavy atom. The molecule has 6 nitrogen and oxygen atoms in total. The average molecular weight is 361 g/mol. The minimum atomic E-state index is -0.0550. The van der Waals surface area contributed by atoms with Gasteiger partial charge < -0.3 is 19.1 Å². The van der Waals surface area contributed by atoms with Gasteiger partial charge in [0.15, 0.2) is 11.5 Å². The maximum Gasteiger partial charge on any atom is 0.231 e. The quantitative estimate of drug-likeness (QED) is 0.839. The molecule has 0 saturated carbocycles. The number of hydrogen-bond acceptors (Lipinski definition) is 5. The summed E-state index contributed by atoms with van der Waals surface area (Å²) in [6.45, 7) is 1.47. The fourth-order valence-electron chi connectivity index (χ4n) is 3.03. The third-order valence-corrected chi connectivity index (χ3v) is 4.60. The van der Waals surface area contributed by atoms with Crippen LogP contribution in [-0.4, -0.2) is 41.8 Å². The number of nitrogens with zero attached hydrogens (tertiary/aromatic N) is 2. The molecule has 2 aromatic rings. The zero-order chi connectivity index (χ0) is 17.2. The van der Waals surface area contributed by atoms with Gasteiger partial charge in [0.05, 0.1) is 13.0 Å². The van der Waals surface area contributed by atoms with Crippen LogP contribution in [0.1, 0.15) is 12.0 Å². The van der Waals surface area contributed by atoms with Crippen molar-refractivity contribution in [3.8, 4) is 17.2 Å². The maximum absolute atomic E-state index is 12.5. The summed E-state index contributed by atoms with van der Waals surface area (Å²) in [5.41, 5.74) is 0.913. The number of aromatic nitrogens is 1. The molecule has 3 heterocycles. The summed E-state index contributed by atoms with van der Waals surface area (Å²) >= 11 is 6.07. The van der Waals surface area contributed by atoms with Gasteiger partial charge in [0.25, 0.3) is 0 Å². The number of carbonyl (C=O) groups is 1. The van der Waals surface area contributed by atoms with E-state index in [9.17, 15) is 4.79 Å².